The van der Waals surface area contributed by atoms with Gasteiger partial charge in [0.1, 0.15) is 0 Å². The predicted molar refractivity (Wildman–Crippen MR) is 59.6 cm³/mol. The van der Waals surface area contributed by atoms with Gasteiger partial charge in [-0.25, -0.2) is 0 Å². The molecular weight excluding hydrogens is 176 g/mol. The molecule has 2 atom stereocenters. The normalized spacial score (nSPS) is 28.3. The molecule has 0 aliphatic carbocycles. The van der Waals surface area contributed by atoms with Gasteiger partial charge < -0.3 is 10.1 Å². The number of rotatable bonds is 5. The lowest BCUT2D eigenvalue weighted by molar-refractivity contribution is 0.0878. The van der Waals surface area contributed by atoms with Crippen LogP contribution >= 0.6 is 0 Å². The Morgan fingerprint density at radius 2 is 2.29 bits per heavy atom. The predicted octanol–water partition coefficient (Wildman–Crippen LogP) is 0.953. The van der Waals surface area contributed by atoms with E-state index in [0.717, 1.165) is 32.2 Å². The van der Waals surface area contributed by atoms with Gasteiger partial charge in [0.15, 0.2) is 0 Å². The smallest absolute Gasteiger partial charge is 0.0589 e. The molecule has 0 aromatic heterocycles. The van der Waals surface area contributed by atoms with Crippen molar-refractivity contribution >= 4 is 0 Å². The molecule has 0 spiro atoms. The highest BCUT2D eigenvalue weighted by molar-refractivity contribution is 4.82. The van der Waals surface area contributed by atoms with Gasteiger partial charge in [-0.1, -0.05) is 13.8 Å². The molecule has 3 nitrogen and oxygen atoms in total. The molecule has 0 aromatic rings. The van der Waals surface area contributed by atoms with Gasteiger partial charge in [0.25, 0.3) is 0 Å². The summed E-state index contributed by atoms with van der Waals surface area (Å²) in [5.74, 6) is 0.813. The van der Waals surface area contributed by atoms with Crippen molar-refractivity contribution in [1.82, 2.24) is 10.2 Å². The maximum absolute atomic E-state index is 5.14. The summed E-state index contributed by atoms with van der Waals surface area (Å²) in [5, 5.41) is 3.47. The van der Waals surface area contributed by atoms with E-state index in [0.29, 0.717) is 6.04 Å². The minimum absolute atomic E-state index is 0.698. The number of hydrogen-bond acceptors (Lipinski definition) is 3. The van der Waals surface area contributed by atoms with Crippen molar-refractivity contribution in [2.45, 2.75) is 26.3 Å². The van der Waals surface area contributed by atoms with Gasteiger partial charge in [-0.2, -0.15) is 0 Å². The van der Waals surface area contributed by atoms with Crippen LogP contribution in [0.3, 0.4) is 0 Å². The standard InChI is InChI=1S/C11H24N2O/c1-4-13(7-8-14-3)11-9-12-6-5-10(11)2/h10-12H,4-9H2,1-3H3. The third-order valence-corrected chi connectivity index (χ3v) is 3.24. The van der Waals surface area contributed by atoms with Crippen LogP contribution < -0.4 is 5.32 Å². The van der Waals surface area contributed by atoms with Crippen LogP contribution in [0.4, 0.5) is 0 Å². The molecule has 0 amide bonds. The molecule has 0 bridgehead atoms. The van der Waals surface area contributed by atoms with E-state index < -0.39 is 0 Å². The summed E-state index contributed by atoms with van der Waals surface area (Å²) in [5.41, 5.74) is 0. The number of nitrogens with zero attached hydrogens (tertiary/aromatic N) is 1. The summed E-state index contributed by atoms with van der Waals surface area (Å²) in [6.07, 6.45) is 1.30. The Morgan fingerprint density at radius 3 is 2.86 bits per heavy atom. The molecule has 3 heteroatoms. The lowest BCUT2D eigenvalue weighted by Gasteiger charge is -2.38. The summed E-state index contributed by atoms with van der Waals surface area (Å²) in [7, 11) is 1.77. The SMILES string of the molecule is CCN(CCOC)C1CNCCC1C. The molecule has 1 N–H and O–H groups in total. The van der Waals surface area contributed by atoms with Crippen LogP contribution in [0, 0.1) is 5.92 Å². The maximum atomic E-state index is 5.14. The monoisotopic (exact) mass is 200 g/mol. The summed E-state index contributed by atoms with van der Waals surface area (Å²) >= 11 is 0. The molecule has 1 rings (SSSR count). The zero-order valence-electron chi connectivity index (χ0n) is 9.75. The maximum Gasteiger partial charge on any atom is 0.0589 e. The van der Waals surface area contributed by atoms with Crippen LogP contribution in [0.15, 0.2) is 0 Å². The number of likely N-dealkylation sites (N-methyl/N-ethyl adjacent to an activating group) is 1. The molecule has 1 aliphatic rings. The largest absolute Gasteiger partial charge is 0.383 e. The highest BCUT2D eigenvalue weighted by Crippen LogP contribution is 2.17. The van der Waals surface area contributed by atoms with E-state index >= 15 is 0 Å². The van der Waals surface area contributed by atoms with Gasteiger partial charge in [-0.3, -0.25) is 4.90 Å². The minimum atomic E-state index is 0.698. The Hall–Kier alpha value is -0.120. The van der Waals surface area contributed by atoms with Crippen LogP contribution in [0.25, 0.3) is 0 Å². The van der Waals surface area contributed by atoms with Gasteiger partial charge in [0.2, 0.25) is 0 Å². The van der Waals surface area contributed by atoms with Gasteiger partial charge in [0, 0.05) is 26.2 Å². The number of methoxy groups -OCH3 is 1. The second-order valence-corrected chi connectivity index (χ2v) is 4.16. The number of nitrogens with one attached hydrogen (secondary N) is 1. The topological polar surface area (TPSA) is 24.5 Å². The summed E-state index contributed by atoms with van der Waals surface area (Å²) < 4.78 is 5.14. The Morgan fingerprint density at radius 1 is 1.50 bits per heavy atom. The van der Waals surface area contributed by atoms with Crippen LogP contribution in [0.2, 0.25) is 0 Å². The van der Waals surface area contributed by atoms with E-state index in [1.54, 1.807) is 7.11 Å². The Labute approximate surface area is 87.8 Å². The van der Waals surface area contributed by atoms with Crippen LogP contribution in [0.5, 0.6) is 0 Å². The summed E-state index contributed by atoms with van der Waals surface area (Å²) in [4.78, 5) is 2.53. The first-order valence-corrected chi connectivity index (χ1v) is 5.73. The second kappa shape index (κ2) is 6.38. The second-order valence-electron chi connectivity index (χ2n) is 4.16. The van der Waals surface area contributed by atoms with Crippen molar-refractivity contribution < 1.29 is 4.74 Å². The zero-order valence-corrected chi connectivity index (χ0v) is 9.75. The highest BCUT2D eigenvalue weighted by atomic mass is 16.5. The van der Waals surface area contributed by atoms with Gasteiger partial charge >= 0.3 is 0 Å². The molecule has 2 unspecified atom stereocenters. The molecule has 1 fully saturated rings. The van der Waals surface area contributed by atoms with E-state index in [1.807, 2.05) is 0 Å². The Kier molecular flexibility index (Phi) is 5.45. The van der Waals surface area contributed by atoms with Crippen LogP contribution in [-0.2, 0) is 4.74 Å². The zero-order chi connectivity index (χ0) is 10.4. The third-order valence-electron chi connectivity index (χ3n) is 3.24. The fourth-order valence-corrected chi connectivity index (χ4v) is 2.23. The highest BCUT2D eigenvalue weighted by Gasteiger charge is 2.25. The van der Waals surface area contributed by atoms with Crippen molar-refractivity contribution in [3.63, 3.8) is 0 Å². The van der Waals surface area contributed by atoms with Crippen LogP contribution in [-0.4, -0.2) is 50.8 Å². The molecular formula is C11H24N2O. The molecule has 1 heterocycles. The van der Waals surface area contributed by atoms with Gasteiger partial charge in [-0.05, 0) is 25.4 Å². The van der Waals surface area contributed by atoms with Gasteiger partial charge in [0.05, 0.1) is 6.61 Å². The summed E-state index contributed by atoms with van der Waals surface area (Å²) in [6, 6.07) is 0.698. The lowest BCUT2D eigenvalue weighted by atomic mass is 9.93. The van der Waals surface area contributed by atoms with Gasteiger partial charge in [-0.15, -0.1) is 0 Å². The average molecular weight is 200 g/mol. The lowest BCUT2D eigenvalue weighted by Crippen LogP contribution is -2.51. The molecule has 0 saturated carbocycles. The molecule has 1 saturated heterocycles. The average Bonchev–Trinajstić information content (AvgIpc) is 2.21. The third kappa shape index (κ3) is 3.23. The Bertz CT molecular complexity index is 152. The first-order chi connectivity index (χ1) is 6.79. The number of hydrogen-bond donors (Lipinski definition) is 1. The molecule has 1 aliphatic heterocycles. The van der Waals surface area contributed by atoms with E-state index in [4.69, 9.17) is 4.74 Å². The first-order valence-electron chi connectivity index (χ1n) is 5.73. The molecule has 0 aromatic carbocycles. The van der Waals surface area contributed by atoms with Crippen molar-refractivity contribution in [2.75, 3.05) is 39.9 Å². The van der Waals surface area contributed by atoms with E-state index in [9.17, 15) is 0 Å². The fraction of sp³-hybridized carbons (Fsp3) is 1.00. The number of ether oxygens (including phenoxy) is 1. The fourth-order valence-electron chi connectivity index (χ4n) is 2.23. The summed E-state index contributed by atoms with van der Waals surface area (Å²) in [6.45, 7) is 9.94. The first kappa shape index (κ1) is 12.0. The Balaban J connectivity index is 2.40. The minimum Gasteiger partial charge on any atom is -0.383 e. The van der Waals surface area contributed by atoms with Crippen molar-refractivity contribution in [2.24, 2.45) is 5.92 Å². The molecule has 84 valence electrons. The van der Waals surface area contributed by atoms with E-state index in [1.165, 1.54) is 13.0 Å². The van der Waals surface area contributed by atoms with E-state index in [-0.39, 0.29) is 0 Å². The number of piperidine rings is 1. The molecule has 14 heavy (non-hydrogen) atoms. The molecule has 0 radical (unpaired) electrons. The van der Waals surface area contributed by atoms with E-state index in [2.05, 4.69) is 24.1 Å². The van der Waals surface area contributed by atoms with Crippen molar-refractivity contribution in [1.29, 1.82) is 0 Å². The quantitative estimate of drug-likeness (QED) is 0.715. The van der Waals surface area contributed by atoms with Crippen molar-refractivity contribution in [3.8, 4) is 0 Å². The van der Waals surface area contributed by atoms with Crippen LogP contribution in [0.1, 0.15) is 20.3 Å². The van der Waals surface area contributed by atoms with Crippen molar-refractivity contribution in [3.05, 3.63) is 0 Å².